The van der Waals surface area contributed by atoms with E-state index in [-0.39, 0.29) is 29.2 Å². The Morgan fingerprint density at radius 3 is 1.86 bits per heavy atom. The average molecular weight is 773 g/mol. The van der Waals surface area contributed by atoms with E-state index >= 15 is 0 Å². The third kappa shape index (κ3) is 7.26. The van der Waals surface area contributed by atoms with Crippen molar-refractivity contribution in [3.63, 3.8) is 0 Å². The van der Waals surface area contributed by atoms with Crippen LogP contribution in [0, 0.1) is 0 Å². The second-order valence-electron chi connectivity index (χ2n) is 12.9. The van der Waals surface area contributed by atoms with Crippen LogP contribution in [0.25, 0.3) is 0 Å². The zero-order chi connectivity index (χ0) is 40.3. The molecule has 2 aliphatic heterocycles. The van der Waals surface area contributed by atoms with Gasteiger partial charge in [-0.1, -0.05) is 24.3 Å². The van der Waals surface area contributed by atoms with Gasteiger partial charge in [0.2, 0.25) is 0 Å². The zero-order valence-electron chi connectivity index (χ0n) is 32.6. The first-order valence-corrected chi connectivity index (χ1v) is 17.6. The molecule has 0 aromatic heterocycles. The molecule has 296 valence electrons. The lowest BCUT2D eigenvalue weighted by Crippen LogP contribution is -2.39. The first-order chi connectivity index (χ1) is 27.0. The molecule has 0 bridgehead atoms. The van der Waals surface area contributed by atoms with Gasteiger partial charge in [-0.2, -0.15) is 0 Å². The summed E-state index contributed by atoms with van der Waals surface area (Å²) in [6.07, 6.45) is -3.76. The summed E-state index contributed by atoms with van der Waals surface area (Å²) in [4.78, 5) is 39.7. The van der Waals surface area contributed by atoms with Gasteiger partial charge in [0.05, 0.1) is 55.7 Å². The molecule has 0 aliphatic carbocycles. The van der Waals surface area contributed by atoms with Crippen LogP contribution in [0.15, 0.2) is 60.7 Å². The van der Waals surface area contributed by atoms with E-state index in [1.165, 1.54) is 56.5 Å². The molecule has 6 rings (SSSR count). The summed E-state index contributed by atoms with van der Waals surface area (Å²) in [5, 5.41) is 0. The van der Waals surface area contributed by atoms with Gasteiger partial charge in [0.1, 0.15) is 46.2 Å². The van der Waals surface area contributed by atoms with Crippen molar-refractivity contribution >= 4 is 17.9 Å². The van der Waals surface area contributed by atoms with E-state index in [0.717, 1.165) is 0 Å². The summed E-state index contributed by atoms with van der Waals surface area (Å²) in [6.45, 7) is 2.60. The summed E-state index contributed by atoms with van der Waals surface area (Å²) in [5.74, 6) is 0.000954. The fourth-order valence-corrected chi connectivity index (χ4v) is 7.48. The summed E-state index contributed by atoms with van der Waals surface area (Å²) >= 11 is 0. The lowest BCUT2D eigenvalue weighted by Gasteiger charge is -2.41. The van der Waals surface area contributed by atoms with Crippen molar-refractivity contribution in [2.75, 3.05) is 49.8 Å². The highest BCUT2D eigenvalue weighted by molar-refractivity contribution is 5.98. The average Bonchev–Trinajstić information content (AvgIpc) is 3.21. The molecule has 0 saturated carbocycles. The van der Waals surface area contributed by atoms with Crippen molar-refractivity contribution in [3.05, 3.63) is 94.0 Å². The van der Waals surface area contributed by atoms with E-state index in [4.69, 9.17) is 52.1 Å². The quantitative estimate of drug-likeness (QED) is 0.116. The van der Waals surface area contributed by atoms with Crippen LogP contribution in [0.3, 0.4) is 0 Å². The molecule has 0 spiro atoms. The van der Waals surface area contributed by atoms with Gasteiger partial charge < -0.3 is 52.1 Å². The first kappa shape index (κ1) is 39.4. The van der Waals surface area contributed by atoms with Crippen LogP contribution in [0.4, 0.5) is 0 Å². The van der Waals surface area contributed by atoms with Crippen molar-refractivity contribution in [1.29, 1.82) is 0 Å². The van der Waals surface area contributed by atoms with E-state index in [1.54, 1.807) is 55.6 Å². The molecule has 5 atom stereocenters. The molecule has 14 nitrogen and oxygen atoms in total. The Labute approximate surface area is 324 Å². The molecule has 2 heterocycles. The summed E-state index contributed by atoms with van der Waals surface area (Å²) in [5.41, 5.74) is 2.47. The van der Waals surface area contributed by atoms with Gasteiger partial charge in [0.15, 0.2) is 29.8 Å². The number of fused-ring (bicyclic) bond motifs is 2. The molecule has 0 amide bonds. The standard InChI is InChI=1S/C42H44O14/c1-21(43)53-32-20-28-38(50-7)34(40(51-8)35(42(45)52-9)39(28)56-36(32)24-12-17-29(48-5)31(18-24)49-6)33-27-16-15-26(47-4)19-30(27)55-37(41(33)54-22(2)44)23-10-13-25(46-3)14-11-23/h10-19,32-33,36-37,41H,20H2,1-9H3/t32-,33-,36-,37+,41-/m0/s1. The topological polar surface area (TPSA) is 153 Å². The molecule has 0 radical (unpaired) electrons. The van der Waals surface area contributed by atoms with Crippen molar-refractivity contribution < 1.29 is 66.5 Å². The van der Waals surface area contributed by atoms with Gasteiger partial charge in [-0.15, -0.1) is 0 Å². The lowest BCUT2D eigenvalue weighted by molar-refractivity contribution is -0.154. The molecule has 4 aromatic rings. The maximum atomic E-state index is 14.0. The van der Waals surface area contributed by atoms with Crippen molar-refractivity contribution in [1.82, 2.24) is 0 Å². The molecular formula is C42H44O14. The number of ether oxygens (including phenoxy) is 11. The van der Waals surface area contributed by atoms with Crippen molar-refractivity contribution in [2.45, 2.75) is 50.6 Å². The minimum absolute atomic E-state index is 0.0247. The van der Waals surface area contributed by atoms with Gasteiger partial charge in [0.25, 0.3) is 0 Å². The van der Waals surface area contributed by atoms with Crippen LogP contribution in [-0.2, 0) is 30.2 Å². The van der Waals surface area contributed by atoms with Crippen LogP contribution in [-0.4, -0.2) is 79.9 Å². The third-order valence-corrected chi connectivity index (χ3v) is 9.82. The molecule has 14 heteroatoms. The number of carbonyl (C=O) groups is 3. The monoisotopic (exact) mass is 772 g/mol. The molecule has 0 unspecified atom stereocenters. The van der Waals surface area contributed by atoms with Crippen molar-refractivity contribution in [3.8, 4) is 46.0 Å². The normalized spacial score (nSPS) is 19.4. The van der Waals surface area contributed by atoms with Gasteiger partial charge >= 0.3 is 17.9 Å². The molecular weight excluding hydrogens is 728 g/mol. The molecule has 4 aromatic carbocycles. The first-order valence-electron chi connectivity index (χ1n) is 17.6. The molecule has 0 N–H and O–H groups in total. The molecule has 0 fully saturated rings. The number of methoxy groups -OCH3 is 7. The second-order valence-corrected chi connectivity index (χ2v) is 12.9. The minimum Gasteiger partial charge on any atom is -0.497 e. The van der Waals surface area contributed by atoms with Gasteiger partial charge in [0, 0.05) is 48.6 Å². The summed E-state index contributed by atoms with van der Waals surface area (Å²) in [6, 6.07) is 17.6. The maximum absolute atomic E-state index is 14.0. The van der Waals surface area contributed by atoms with Crippen LogP contribution in [0.5, 0.6) is 46.0 Å². The second kappa shape index (κ2) is 16.6. The third-order valence-electron chi connectivity index (χ3n) is 9.82. The number of benzene rings is 4. The van der Waals surface area contributed by atoms with E-state index in [1.807, 2.05) is 12.1 Å². The largest absolute Gasteiger partial charge is 0.497 e. The van der Waals surface area contributed by atoms with E-state index in [9.17, 15) is 14.4 Å². The van der Waals surface area contributed by atoms with Crippen LogP contribution < -0.4 is 37.9 Å². The van der Waals surface area contributed by atoms with Gasteiger partial charge in [-0.25, -0.2) is 4.79 Å². The SMILES string of the molecule is COC(=O)c1c2c(c(OC)c([C@@H]3c4ccc(OC)cc4O[C@H](c4ccc(OC)cc4)[C@H]3OC(C)=O)c1OC)C[C@H](OC(C)=O)[C@H](c1ccc(OC)c(OC)c1)O2. The zero-order valence-corrected chi connectivity index (χ0v) is 32.6. The fourth-order valence-electron chi connectivity index (χ4n) is 7.48. The van der Waals surface area contributed by atoms with E-state index in [2.05, 4.69) is 0 Å². The van der Waals surface area contributed by atoms with Gasteiger partial charge in [-0.3, -0.25) is 9.59 Å². The summed E-state index contributed by atoms with van der Waals surface area (Å²) in [7, 11) is 10.2. The Hall–Kier alpha value is -6.31. The Balaban J connectivity index is 1.66. The van der Waals surface area contributed by atoms with E-state index < -0.39 is 48.2 Å². The molecule has 56 heavy (non-hydrogen) atoms. The summed E-state index contributed by atoms with van der Waals surface area (Å²) < 4.78 is 65.2. The Bertz CT molecular complexity index is 2110. The van der Waals surface area contributed by atoms with E-state index in [0.29, 0.717) is 56.6 Å². The van der Waals surface area contributed by atoms with Crippen LogP contribution >= 0.6 is 0 Å². The Kier molecular flexibility index (Phi) is 11.7. The predicted octanol–water partition coefficient (Wildman–Crippen LogP) is 6.33. The highest BCUT2D eigenvalue weighted by Crippen LogP contribution is 2.57. The predicted molar refractivity (Wildman–Crippen MR) is 200 cm³/mol. The lowest BCUT2D eigenvalue weighted by atomic mass is 9.77. The van der Waals surface area contributed by atoms with Crippen molar-refractivity contribution in [2.24, 2.45) is 0 Å². The fraction of sp³-hybridized carbons (Fsp3) is 0.357. The van der Waals surface area contributed by atoms with Crippen LogP contribution in [0.1, 0.15) is 70.1 Å². The Morgan fingerprint density at radius 2 is 1.27 bits per heavy atom. The smallest absolute Gasteiger partial charge is 0.345 e. The minimum atomic E-state index is -1.05. The Morgan fingerprint density at radius 1 is 0.625 bits per heavy atom. The number of esters is 3. The number of hydrogen-bond acceptors (Lipinski definition) is 14. The number of carbonyl (C=O) groups excluding carboxylic acids is 3. The maximum Gasteiger partial charge on any atom is 0.345 e. The number of rotatable bonds is 12. The highest BCUT2D eigenvalue weighted by atomic mass is 16.6. The molecule has 2 aliphatic rings. The molecule has 0 saturated heterocycles. The number of hydrogen-bond donors (Lipinski definition) is 0. The van der Waals surface area contributed by atoms with Gasteiger partial charge in [-0.05, 0) is 35.9 Å². The highest BCUT2D eigenvalue weighted by Gasteiger charge is 2.49. The van der Waals surface area contributed by atoms with Crippen LogP contribution in [0.2, 0.25) is 0 Å².